The van der Waals surface area contributed by atoms with Gasteiger partial charge in [0.1, 0.15) is 18.5 Å². The van der Waals surface area contributed by atoms with E-state index in [-0.39, 0.29) is 23.8 Å². The number of ether oxygens (including phenoxy) is 1. The van der Waals surface area contributed by atoms with Gasteiger partial charge in [0.15, 0.2) is 0 Å². The first kappa shape index (κ1) is 20.8. The molecule has 1 heterocycles. The molecule has 1 atom stereocenters. The van der Waals surface area contributed by atoms with Crippen molar-refractivity contribution in [2.45, 2.75) is 63.8 Å². The highest BCUT2D eigenvalue weighted by Crippen LogP contribution is 2.38. The Kier molecular flexibility index (Phi) is 6.13. The van der Waals surface area contributed by atoms with Gasteiger partial charge in [0.25, 0.3) is 0 Å². The van der Waals surface area contributed by atoms with E-state index >= 15 is 0 Å². The minimum atomic E-state index is -0.595. The van der Waals surface area contributed by atoms with E-state index in [0.29, 0.717) is 19.4 Å². The lowest BCUT2D eigenvalue weighted by Gasteiger charge is -2.54. The van der Waals surface area contributed by atoms with Crippen LogP contribution in [0.4, 0.5) is 0 Å². The molecule has 0 aromatic heterocycles. The smallest absolute Gasteiger partial charge is 0.119 e. The van der Waals surface area contributed by atoms with Crippen molar-refractivity contribution in [1.82, 2.24) is 4.90 Å². The zero-order chi connectivity index (χ0) is 20.4. The maximum absolute atomic E-state index is 10.6. The fourth-order valence-corrected chi connectivity index (χ4v) is 4.59. The summed E-state index contributed by atoms with van der Waals surface area (Å²) in [7, 11) is 0. The van der Waals surface area contributed by atoms with Crippen molar-refractivity contribution in [2.75, 3.05) is 13.2 Å². The molecular weight excluding hydrogens is 350 g/mol. The highest BCUT2D eigenvalue weighted by Gasteiger charge is 2.45. The van der Waals surface area contributed by atoms with Gasteiger partial charge in [-0.05, 0) is 63.8 Å². The number of nitrogens with zero attached hydrogens (tertiary/aromatic N) is 1. The summed E-state index contributed by atoms with van der Waals surface area (Å²) in [5.41, 5.74) is 1.98. The Morgan fingerprint density at radius 3 is 2.04 bits per heavy atom. The van der Waals surface area contributed by atoms with Crippen LogP contribution < -0.4 is 4.74 Å². The van der Waals surface area contributed by atoms with Crippen LogP contribution in [0.2, 0.25) is 0 Å². The molecule has 4 heteroatoms. The van der Waals surface area contributed by atoms with Gasteiger partial charge in [0, 0.05) is 17.6 Å². The molecule has 0 aliphatic carbocycles. The fraction of sp³-hybridized carbons (Fsp3) is 0.500. The molecule has 152 valence electrons. The molecule has 0 bridgehead atoms. The quantitative estimate of drug-likeness (QED) is 0.788. The zero-order valence-corrected chi connectivity index (χ0v) is 17.4. The molecule has 3 rings (SSSR count). The summed E-state index contributed by atoms with van der Waals surface area (Å²) in [4.78, 5) is 2.30. The summed E-state index contributed by atoms with van der Waals surface area (Å²) in [6, 6.07) is 18.2. The van der Waals surface area contributed by atoms with Gasteiger partial charge in [0.2, 0.25) is 0 Å². The van der Waals surface area contributed by atoms with Gasteiger partial charge in [-0.3, -0.25) is 4.90 Å². The molecule has 0 saturated carbocycles. The molecule has 1 saturated heterocycles. The predicted octanol–water partition coefficient (Wildman–Crippen LogP) is 4.11. The highest BCUT2D eigenvalue weighted by atomic mass is 16.5. The molecule has 28 heavy (non-hydrogen) atoms. The second kappa shape index (κ2) is 8.24. The third-order valence-corrected chi connectivity index (χ3v) is 5.73. The van der Waals surface area contributed by atoms with Crippen LogP contribution in [0.1, 0.15) is 40.5 Å². The Labute approximate surface area is 168 Å². The van der Waals surface area contributed by atoms with E-state index in [4.69, 9.17) is 4.74 Å². The molecule has 2 aromatic carbocycles. The van der Waals surface area contributed by atoms with Crippen LogP contribution in [-0.2, 0) is 0 Å². The molecule has 2 aromatic rings. The molecule has 1 aliphatic rings. The third kappa shape index (κ3) is 4.93. The van der Waals surface area contributed by atoms with Crippen LogP contribution in [0, 0.1) is 0 Å². The van der Waals surface area contributed by atoms with E-state index in [2.05, 4.69) is 44.7 Å². The molecule has 4 nitrogen and oxygen atoms in total. The Morgan fingerprint density at radius 1 is 0.929 bits per heavy atom. The van der Waals surface area contributed by atoms with Crippen LogP contribution in [0.5, 0.6) is 5.75 Å². The highest BCUT2D eigenvalue weighted by molar-refractivity contribution is 5.63. The van der Waals surface area contributed by atoms with Crippen LogP contribution >= 0.6 is 0 Å². The number of hydrogen-bond acceptors (Lipinski definition) is 4. The molecule has 1 aliphatic heterocycles. The van der Waals surface area contributed by atoms with Crippen molar-refractivity contribution in [3.8, 4) is 16.9 Å². The van der Waals surface area contributed by atoms with Gasteiger partial charge < -0.3 is 14.9 Å². The maximum atomic E-state index is 10.6. The van der Waals surface area contributed by atoms with Crippen LogP contribution in [0.3, 0.4) is 0 Å². The Morgan fingerprint density at radius 2 is 1.46 bits per heavy atom. The van der Waals surface area contributed by atoms with Crippen molar-refractivity contribution in [3.63, 3.8) is 0 Å². The second-order valence-electron chi connectivity index (χ2n) is 9.15. The predicted molar refractivity (Wildman–Crippen MR) is 113 cm³/mol. The number of rotatable bonds is 6. The van der Waals surface area contributed by atoms with E-state index in [0.717, 1.165) is 11.3 Å². The molecule has 0 amide bonds. The lowest BCUT2D eigenvalue weighted by Crippen LogP contribution is -2.63. The van der Waals surface area contributed by atoms with Crippen molar-refractivity contribution in [3.05, 3.63) is 54.6 Å². The molecule has 2 N–H and O–H groups in total. The third-order valence-electron chi connectivity index (χ3n) is 5.73. The maximum Gasteiger partial charge on any atom is 0.119 e. The minimum absolute atomic E-state index is 0.167. The van der Waals surface area contributed by atoms with E-state index in [1.807, 2.05) is 42.5 Å². The normalized spacial score (nSPS) is 20.6. The van der Waals surface area contributed by atoms with E-state index in [1.165, 1.54) is 5.56 Å². The fourth-order valence-electron chi connectivity index (χ4n) is 4.59. The van der Waals surface area contributed by atoms with Crippen LogP contribution in [0.25, 0.3) is 11.1 Å². The number of likely N-dealkylation sites (tertiary alicyclic amines) is 1. The van der Waals surface area contributed by atoms with E-state index < -0.39 is 6.10 Å². The van der Waals surface area contributed by atoms with Gasteiger partial charge in [0.05, 0.1) is 6.10 Å². The number of aliphatic hydroxyl groups excluding tert-OH is 2. The summed E-state index contributed by atoms with van der Waals surface area (Å²) in [6.07, 6.45) is 0.538. The minimum Gasteiger partial charge on any atom is -0.491 e. The number of hydrogen-bond donors (Lipinski definition) is 2. The van der Waals surface area contributed by atoms with Crippen molar-refractivity contribution in [2.24, 2.45) is 0 Å². The lowest BCUT2D eigenvalue weighted by atomic mass is 9.78. The van der Waals surface area contributed by atoms with Gasteiger partial charge >= 0.3 is 0 Å². The van der Waals surface area contributed by atoms with Crippen LogP contribution in [-0.4, -0.2) is 51.6 Å². The summed E-state index contributed by atoms with van der Waals surface area (Å²) in [5, 5.41) is 20.8. The van der Waals surface area contributed by atoms with Crippen LogP contribution in [0.15, 0.2) is 54.6 Å². The molecule has 1 fully saturated rings. The Bertz CT molecular complexity index is 737. The SMILES string of the molecule is CC1(C)CC(O)CC(C)(C)N1C[C@@H](O)COc1ccc(-c2ccccc2)cc1. The molecule has 0 spiro atoms. The first-order chi connectivity index (χ1) is 13.2. The van der Waals surface area contributed by atoms with Crippen molar-refractivity contribution < 1.29 is 14.9 Å². The Hall–Kier alpha value is -1.88. The number of piperidine rings is 1. The number of β-amino-alcohol motifs (C(OH)–C–C–N with tert-alkyl or cyclic N) is 1. The first-order valence-corrected chi connectivity index (χ1v) is 10.1. The van der Waals surface area contributed by atoms with Gasteiger partial charge in [-0.1, -0.05) is 42.5 Å². The monoisotopic (exact) mass is 383 g/mol. The zero-order valence-electron chi connectivity index (χ0n) is 17.4. The van der Waals surface area contributed by atoms with Gasteiger partial charge in [-0.25, -0.2) is 0 Å². The molecule has 0 unspecified atom stereocenters. The molecule has 0 radical (unpaired) electrons. The Balaban J connectivity index is 1.57. The average Bonchev–Trinajstić information content (AvgIpc) is 2.63. The largest absolute Gasteiger partial charge is 0.491 e. The number of benzene rings is 2. The van der Waals surface area contributed by atoms with E-state index in [1.54, 1.807) is 0 Å². The molecular formula is C24H33NO3. The first-order valence-electron chi connectivity index (χ1n) is 10.1. The lowest BCUT2D eigenvalue weighted by molar-refractivity contribution is -0.1000. The van der Waals surface area contributed by atoms with E-state index in [9.17, 15) is 10.2 Å². The summed E-state index contributed by atoms with van der Waals surface area (Å²) >= 11 is 0. The van der Waals surface area contributed by atoms with Crippen molar-refractivity contribution >= 4 is 0 Å². The topological polar surface area (TPSA) is 52.9 Å². The summed E-state index contributed by atoms with van der Waals surface area (Å²) in [5.74, 6) is 0.756. The summed E-state index contributed by atoms with van der Waals surface area (Å²) < 4.78 is 5.83. The van der Waals surface area contributed by atoms with Crippen molar-refractivity contribution in [1.29, 1.82) is 0 Å². The van der Waals surface area contributed by atoms with Gasteiger partial charge in [-0.2, -0.15) is 0 Å². The second-order valence-corrected chi connectivity index (χ2v) is 9.15. The summed E-state index contributed by atoms with van der Waals surface area (Å²) in [6.45, 7) is 9.30. The standard InChI is InChI=1S/C24H33NO3/c1-23(2)14-20(26)15-24(3,4)25(23)16-21(27)17-28-22-12-10-19(11-13-22)18-8-6-5-7-9-18/h5-13,20-21,26-27H,14-17H2,1-4H3/t21-/m1/s1. The number of aliphatic hydroxyl groups is 2. The van der Waals surface area contributed by atoms with Gasteiger partial charge in [-0.15, -0.1) is 0 Å². The average molecular weight is 384 g/mol.